The third kappa shape index (κ3) is 2.52. The minimum absolute atomic E-state index is 0.00694. The van der Waals surface area contributed by atoms with Gasteiger partial charge in [-0.3, -0.25) is 0 Å². The van der Waals surface area contributed by atoms with E-state index in [1.807, 2.05) is 0 Å². The molecule has 1 aromatic heterocycles. The first-order valence-corrected chi connectivity index (χ1v) is 7.04. The number of hydrogen-bond acceptors (Lipinski definition) is 6. The van der Waals surface area contributed by atoms with Crippen molar-refractivity contribution in [2.75, 3.05) is 26.9 Å². The zero-order valence-corrected chi connectivity index (χ0v) is 11.4. The number of aromatic nitrogens is 2. The van der Waals surface area contributed by atoms with Gasteiger partial charge in [-0.25, -0.2) is 0 Å². The molecule has 1 saturated carbocycles. The van der Waals surface area contributed by atoms with Gasteiger partial charge in [-0.1, -0.05) is 24.4 Å². The summed E-state index contributed by atoms with van der Waals surface area (Å²) < 4.78 is 16.6. The molecule has 2 heterocycles. The molecule has 2 aliphatic rings. The summed E-state index contributed by atoms with van der Waals surface area (Å²) in [6.45, 7) is 2.14. The normalized spacial score (nSPS) is 27.3. The van der Waals surface area contributed by atoms with Gasteiger partial charge >= 0.3 is 0 Å². The van der Waals surface area contributed by atoms with E-state index in [0.717, 1.165) is 38.8 Å². The Morgan fingerprint density at radius 2 is 2.16 bits per heavy atom. The first-order chi connectivity index (χ1) is 9.34. The van der Waals surface area contributed by atoms with Crippen LogP contribution < -0.4 is 5.32 Å². The van der Waals surface area contributed by atoms with E-state index in [-0.39, 0.29) is 11.6 Å². The maximum Gasteiger partial charge on any atom is 0.246 e. The third-order valence-electron chi connectivity index (χ3n) is 4.12. The van der Waals surface area contributed by atoms with Gasteiger partial charge in [0, 0.05) is 13.7 Å². The number of morpholine rings is 1. The van der Waals surface area contributed by atoms with Crippen LogP contribution in [0.5, 0.6) is 0 Å². The highest BCUT2D eigenvalue weighted by Gasteiger charge is 2.39. The molecule has 1 aromatic rings. The third-order valence-corrected chi connectivity index (χ3v) is 4.12. The summed E-state index contributed by atoms with van der Waals surface area (Å²) in [5, 5.41) is 7.47. The highest BCUT2D eigenvalue weighted by Crippen LogP contribution is 2.38. The molecule has 1 N–H and O–H groups in total. The van der Waals surface area contributed by atoms with E-state index in [0.29, 0.717) is 18.3 Å². The molecule has 106 valence electrons. The second-order valence-electron chi connectivity index (χ2n) is 5.30. The van der Waals surface area contributed by atoms with Crippen molar-refractivity contribution in [3.63, 3.8) is 0 Å². The van der Waals surface area contributed by atoms with Crippen LogP contribution in [0.15, 0.2) is 4.52 Å². The summed E-state index contributed by atoms with van der Waals surface area (Å²) in [7, 11) is 1.74. The Hall–Kier alpha value is -0.980. The van der Waals surface area contributed by atoms with Crippen LogP contribution in [0, 0.1) is 0 Å². The van der Waals surface area contributed by atoms with E-state index in [1.165, 1.54) is 6.42 Å². The van der Waals surface area contributed by atoms with Crippen LogP contribution in [0.4, 0.5) is 0 Å². The monoisotopic (exact) mass is 267 g/mol. The Kier molecular flexibility index (Phi) is 3.81. The minimum atomic E-state index is -0.352. The Morgan fingerprint density at radius 1 is 1.32 bits per heavy atom. The van der Waals surface area contributed by atoms with Gasteiger partial charge in [0.25, 0.3) is 0 Å². The lowest BCUT2D eigenvalue weighted by atomic mass is 9.84. The van der Waals surface area contributed by atoms with Crippen molar-refractivity contribution in [1.29, 1.82) is 0 Å². The molecule has 0 amide bonds. The molecular weight excluding hydrogens is 246 g/mol. The molecule has 0 radical (unpaired) electrons. The predicted molar refractivity (Wildman–Crippen MR) is 67.6 cm³/mol. The smallest absolute Gasteiger partial charge is 0.246 e. The Labute approximate surface area is 112 Å². The standard InChI is InChI=1S/C13H21N3O3/c1-17-13(5-3-2-4-6-13)12-15-11(19-16-12)10-9-18-8-7-14-10/h10,14H,2-9H2,1H3. The van der Waals surface area contributed by atoms with E-state index in [4.69, 9.17) is 14.0 Å². The lowest BCUT2D eigenvalue weighted by Gasteiger charge is -2.32. The second kappa shape index (κ2) is 5.56. The van der Waals surface area contributed by atoms with Crippen LogP contribution in [-0.2, 0) is 15.1 Å². The molecule has 6 nitrogen and oxygen atoms in total. The van der Waals surface area contributed by atoms with Crippen LogP contribution in [0.25, 0.3) is 0 Å². The van der Waals surface area contributed by atoms with Crippen LogP contribution in [0.3, 0.4) is 0 Å². The highest BCUT2D eigenvalue weighted by atomic mass is 16.5. The number of rotatable bonds is 3. The van der Waals surface area contributed by atoms with Crippen LogP contribution in [0.1, 0.15) is 49.9 Å². The zero-order chi connectivity index (χ0) is 13.1. The van der Waals surface area contributed by atoms with Gasteiger partial charge in [0.1, 0.15) is 11.6 Å². The molecule has 6 heteroatoms. The van der Waals surface area contributed by atoms with Crippen molar-refractivity contribution < 1.29 is 14.0 Å². The Morgan fingerprint density at radius 3 is 2.84 bits per heavy atom. The van der Waals surface area contributed by atoms with Gasteiger partial charge < -0.3 is 19.3 Å². The number of hydrogen-bond donors (Lipinski definition) is 1. The van der Waals surface area contributed by atoms with E-state index >= 15 is 0 Å². The molecule has 0 aromatic carbocycles. The Balaban J connectivity index is 1.79. The largest absolute Gasteiger partial charge is 0.378 e. The number of methoxy groups -OCH3 is 1. The average molecular weight is 267 g/mol. The summed E-state index contributed by atoms with van der Waals surface area (Å²) in [6, 6.07) is 0.00694. The fourth-order valence-electron chi connectivity index (χ4n) is 2.93. The molecule has 1 atom stereocenters. The molecule has 1 aliphatic heterocycles. The summed E-state index contributed by atoms with van der Waals surface area (Å²) >= 11 is 0. The summed E-state index contributed by atoms with van der Waals surface area (Å²) in [6.07, 6.45) is 5.51. The first kappa shape index (κ1) is 13.0. The quantitative estimate of drug-likeness (QED) is 0.895. The number of nitrogens with zero attached hydrogens (tertiary/aromatic N) is 2. The van der Waals surface area contributed by atoms with E-state index in [9.17, 15) is 0 Å². The van der Waals surface area contributed by atoms with Crippen molar-refractivity contribution in [2.24, 2.45) is 0 Å². The lowest BCUT2D eigenvalue weighted by Crippen LogP contribution is -2.35. The number of ether oxygens (including phenoxy) is 2. The van der Waals surface area contributed by atoms with Gasteiger partial charge in [0.15, 0.2) is 0 Å². The Bertz CT molecular complexity index is 409. The van der Waals surface area contributed by atoms with Gasteiger partial charge in [0.2, 0.25) is 11.7 Å². The van der Waals surface area contributed by atoms with Crippen LogP contribution >= 0.6 is 0 Å². The van der Waals surface area contributed by atoms with Crippen molar-refractivity contribution in [3.8, 4) is 0 Å². The molecule has 0 bridgehead atoms. The van der Waals surface area contributed by atoms with E-state index in [1.54, 1.807) is 7.11 Å². The molecule has 19 heavy (non-hydrogen) atoms. The zero-order valence-electron chi connectivity index (χ0n) is 11.4. The molecule has 3 rings (SSSR count). The van der Waals surface area contributed by atoms with Crippen molar-refractivity contribution in [2.45, 2.75) is 43.7 Å². The minimum Gasteiger partial charge on any atom is -0.378 e. The lowest BCUT2D eigenvalue weighted by molar-refractivity contribution is -0.0527. The fourth-order valence-corrected chi connectivity index (χ4v) is 2.93. The highest BCUT2D eigenvalue weighted by molar-refractivity contribution is 5.05. The van der Waals surface area contributed by atoms with E-state index in [2.05, 4.69) is 15.5 Å². The fraction of sp³-hybridized carbons (Fsp3) is 0.846. The summed E-state index contributed by atoms with van der Waals surface area (Å²) in [4.78, 5) is 4.56. The van der Waals surface area contributed by atoms with Gasteiger partial charge in [0.05, 0.1) is 13.2 Å². The van der Waals surface area contributed by atoms with Crippen LogP contribution in [0.2, 0.25) is 0 Å². The number of nitrogens with one attached hydrogen (secondary N) is 1. The van der Waals surface area contributed by atoms with Crippen molar-refractivity contribution in [1.82, 2.24) is 15.5 Å². The van der Waals surface area contributed by atoms with Crippen molar-refractivity contribution in [3.05, 3.63) is 11.7 Å². The SMILES string of the molecule is COC1(c2noc(C3COCCN3)n2)CCCCC1. The predicted octanol–water partition coefficient (Wildman–Crippen LogP) is 1.54. The van der Waals surface area contributed by atoms with E-state index < -0.39 is 0 Å². The van der Waals surface area contributed by atoms with Gasteiger partial charge in [-0.2, -0.15) is 4.98 Å². The summed E-state index contributed by atoms with van der Waals surface area (Å²) in [5.74, 6) is 1.30. The van der Waals surface area contributed by atoms with Gasteiger partial charge in [-0.05, 0) is 12.8 Å². The molecule has 1 aliphatic carbocycles. The van der Waals surface area contributed by atoms with Crippen molar-refractivity contribution >= 4 is 0 Å². The maximum atomic E-state index is 5.73. The molecule has 0 spiro atoms. The molecule has 1 saturated heterocycles. The molecule has 1 unspecified atom stereocenters. The topological polar surface area (TPSA) is 69.4 Å². The van der Waals surface area contributed by atoms with Crippen LogP contribution in [-0.4, -0.2) is 37.0 Å². The maximum absolute atomic E-state index is 5.73. The summed E-state index contributed by atoms with van der Waals surface area (Å²) in [5.41, 5.74) is -0.352. The molecular formula is C13H21N3O3. The van der Waals surface area contributed by atoms with Gasteiger partial charge in [-0.15, -0.1) is 0 Å². The first-order valence-electron chi connectivity index (χ1n) is 7.04. The average Bonchev–Trinajstić information content (AvgIpc) is 2.99. The molecule has 2 fully saturated rings. The second-order valence-corrected chi connectivity index (χ2v) is 5.30.